The molecule has 0 aromatic carbocycles. The largest absolute Gasteiger partial charge is 0.480 e. The molecule has 8 nitrogen and oxygen atoms in total. The number of halogens is 1. The SMILES string of the molecule is CCCCN(C)CCNC(=NC)N1CCN(c2ncc(Br)c(OC)n2)CC1. The minimum absolute atomic E-state index is 0.562. The van der Waals surface area contributed by atoms with Gasteiger partial charge in [0, 0.05) is 46.3 Å². The highest BCUT2D eigenvalue weighted by Crippen LogP contribution is 2.23. The molecule has 0 unspecified atom stereocenters. The molecule has 1 N–H and O–H groups in total. The second-order valence-electron chi connectivity index (χ2n) is 6.63. The van der Waals surface area contributed by atoms with Crippen LogP contribution in [0.3, 0.4) is 0 Å². The van der Waals surface area contributed by atoms with Crippen LogP contribution in [0.25, 0.3) is 0 Å². The third-order valence-electron chi connectivity index (χ3n) is 4.64. The lowest BCUT2D eigenvalue weighted by atomic mass is 10.3. The van der Waals surface area contributed by atoms with Gasteiger partial charge in [-0.25, -0.2) is 4.98 Å². The summed E-state index contributed by atoms with van der Waals surface area (Å²) in [5.74, 6) is 2.23. The molecule has 0 amide bonds. The molecule has 0 saturated carbocycles. The van der Waals surface area contributed by atoms with Crippen LogP contribution in [-0.4, -0.2) is 92.7 Å². The van der Waals surface area contributed by atoms with Gasteiger partial charge < -0.3 is 24.8 Å². The highest BCUT2D eigenvalue weighted by molar-refractivity contribution is 9.10. The van der Waals surface area contributed by atoms with E-state index in [-0.39, 0.29) is 0 Å². The van der Waals surface area contributed by atoms with Crippen molar-refractivity contribution in [2.75, 3.05) is 71.9 Å². The first-order valence-electron chi connectivity index (χ1n) is 9.54. The van der Waals surface area contributed by atoms with Gasteiger partial charge in [0.15, 0.2) is 5.96 Å². The Morgan fingerprint density at radius 3 is 2.70 bits per heavy atom. The molecule has 0 bridgehead atoms. The molecule has 0 atom stereocenters. The van der Waals surface area contributed by atoms with Crippen molar-refractivity contribution < 1.29 is 4.74 Å². The normalized spacial score (nSPS) is 15.4. The highest BCUT2D eigenvalue weighted by atomic mass is 79.9. The molecule has 1 fully saturated rings. The minimum Gasteiger partial charge on any atom is -0.480 e. The second-order valence-corrected chi connectivity index (χ2v) is 7.49. The number of hydrogen-bond acceptors (Lipinski definition) is 6. The van der Waals surface area contributed by atoms with E-state index in [1.54, 1.807) is 13.3 Å². The van der Waals surface area contributed by atoms with E-state index >= 15 is 0 Å². The van der Waals surface area contributed by atoms with Gasteiger partial charge in [-0.15, -0.1) is 0 Å². The zero-order chi connectivity index (χ0) is 19.6. The van der Waals surface area contributed by atoms with Crippen molar-refractivity contribution in [3.63, 3.8) is 0 Å². The smallest absolute Gasteiger partial charge is 0.232 e. The summed E-state index contributed by atoms with van der Waals surface area (Å²) in [6.07, 6.45) is 4.22. The molecule has 1 aromatic heterocycles. The first kappa shape index (κ1) is 21.7. The fraction of sp³-hybridized carbons (Fsp3) is 0.722. The van der Waals surface area contributed by atoms with E-state index in [1.807, 2.05) is 7.05 Å². The Bertz CT molecular complexity index is 605. The number of unbranched alkanes of at least 4 members (excludes halogenated alkanes) is 1. The number of nitrogens with one attached hydrogen (secondary N) is 1. The highest BCUT2D eigenvalue weighted by Gasteiger charge is 2.22. The standard InChI is InChI=1S/C18H32BrN7O/c1-5-6-8-24(3)9-7-21-17(20-2)25-10-12-26(13-11-25)18-22-14-15(19)16(23-18)27-4/h14H,5-13H2,1-4H3,(H,20,21). The summed E-state index contributed by atoms with van der Waals surface area (Å²) >= 11 is 3.40. The maximum atomic E-state index is 5.27. The van der Waals surface area contributed by atoms with Crippen molar-refractivity contribution >= 4 is 27.8 Å². The number of likely N-dealkylation sites (N-methyl/N-ethyl adjacent to an activating group) is 1. The lowest BCUT2D eigenvalue weighted by Crippen LogP contribution is -2.53. The fourth-order valence-corrected chi connectivity index (χ4v) is 3.34. The summed E-state index contributed by atoms with van der Waals surface area (Å²) in [6.45, 7) is 8.75. The number of methoxy groups -OCH3 is 1. The molecular formula is C18H32BrN7O. The molecule has 1 aromatic rings. The molecule has 1 aliphatic heterocycles. The molecular weight excluding hydrogens is 410 g/mol. The molecule has 1 aliphatic rings. The molecule has 0 aliphatic carbocycles. The Kier molecular flexibility index (Phi) is 9.06. The van der Waals surface area contributed by atoms with E-state index in [1.165, 1.54) is 12.8 Å². The van der Waals surface area contributed by atoms with Crippen LogP contribution in [-0.2, 0) is 0 Å². The number of guanidine groups is 1. The lowest BCUT2D eigenvalue weighted by Gasteiger charge is -2.36. The Hall–Kier alpha value is -1.61. The molecule has 27 heavy (non-hydrogen) atoms. The summed E-state index contributed by atoms with van der Waals surface area (Å²) in [5, 5.41) is 3.49. The van der Waals surface area contributed by atoms with Crippen LogP contribution in [0.15, 0.2) is 15.7 Å². The van der Waals surface area contributed by atoms with Crippen molar-refractivity contribution in [3.8, 4) is 5.88 Å². The topological polar surface area (TPSA) is 69.1 Å². The van der Waals surface area contributed by atoms with Crippen LogP contribution < -0.4 is 15.0 Å². The average molecular weight is 442 g/mol. The number of aromatic nitrogens is 2. The summed E-state index contributed by atoms with van der Waals surface area (Å²) in [5.41, 5.74) is 0. The van der Waals surface area contributed by atoms with E-state index in [0.717, 1.165) is 56.2 Å². The van der Waals surface area contributed by atoms with Gasteiger partial charge in [-0.05, 0) is 35.9 Å². The van der Waals surface area contributed by atoms with Gasteiger partial charge in [0.25, 0.3) is 0 Å². The van der Waals surface area contributed by atoms with Crippen LogP contribution in [0.2, 0.25) is 0 Å². The molecule has 0 spiro atoms. The lowest BCUT2D eigenvalue weighted by molar-refractivity contribution is 0.325. The predicted molar refractivity (Wildman–Crippen MR) is 114 cm³/mol. The second kappa shape index (κ2) is 11.3. The van der Waals surface area contributed by atoms with E-state index in [9.17, 15) is 0 Å². The minimum atomic E-state index is 0.562. The fourth-order valence-electron chi connectivity index (χ4n) is 2.99. The molecule has 9 heteroatoms. The van der Waals surface area contributed by atoms with Crippen LogP contribution in [0.4, 0.5) is 5.95 Å². The first-order valence-corrected chi connectivity index (χ1v) is 10.3. The number of ether oxygens (including phenoxy) is 1. The first-order chi connectivity index (χ1) is 13.1. The van der Waals surface area contributed by atoms with Crippen molar-refractivity contribution in [2.45, 2.75) is 19.8 Å². The van der Waals surface area contributed by atoms with Gasteiger partial charge in [-0.1, -0.05) is 13.3 Å². The number of rotatable bonds is 8. The Balaban J connectivity index is 1.81. The zero-order valence-corrected chi connectivity index (χ0v) is 18.5. The molecule has 0 radical (unpaired) electrons. The quantitative estimate of drug-likeness (QED) is 0.485. The van der Waals surface area contributed by atoms with E-state index < -0.39 is 0 Å². The van der Waals surface area contributed by atoms with Gasteiger partial charge in [-0.3, -0.25) is 4.99 Å². The predicted octanol–water partition coefficient (Wildman–Crippen LogP) is 1.68. The van der Waals surface area contributed by atoms with Gasteiger partial charge in [0.1, 0.15) is 0 Å². The molecule has 152 valence electrons. The Morgan fingerprint density at radius 2 is 2.07 bits per heavy atom. The maximum absolute atomic E-state index is 5.27. The monoisotopic (exact) mass is 441 g/mol. The van der Waals surface area contributed by atoms with Crippen molar-refractivity contribution in [3.05, 3.63) is 10.7 Å². The summed E-state index contributed by atoms with van der Waals surface area (Å²) in [7, 11) is 5.63. The molecule has 2 rings (SSSR count). The molecule has 2 heterocycles. The van der Waals surface area contributed by atoms with Gasteiger partial charge in [-0.2, -0.15) is 4.98 Å². The maximum Gasteiger partial charge on any atom is 0.232 e. The Morgan fingerprint density at radius 1 is 1.33 bits per heavy atom. The summed E-state index contributed by atoms with van der Waals surface area (Å²) in [4.78, 5) is 20.2. The summed E-state index contributed by atoms with van der Waals surface area (Å²) in [6, 6.07) is 0. The van der Waals surface area contributed by atoms with Crippen molar-refractivity contribution in [1.82, 2.24) is 25.1 Å². The van der Waals surface area contributed by atoms with Gasteiger partial charge >= 0.3 is 0 Å². The van der Waals surface area contributed by atoms with Crippen LogP contribution in [0.1, 0.15) is 19.8 Å². The average Bonchev–Trinajstić information content (AvgIpc) is 2.70. The summed E-state index contributed by atoms with van der Waals surface area (Å²) < 4.78 is 6.04. The number of nitrogens with zero attached hydrogens (tertiary/aromatic N) is 6. The number of hydrogen-bond donors (Lipinski definition) is 1. The third-order valence-corrected chi connectivity index (χ3v) is 5.18. The number of aliphatic imine (C=N–C) groups is 1. The number of anilines is 1. The van der Waals surface area contributed by atoms with E-state index in [4.69, 9.17) is 4.74 Å². The van der Waals surface area contributed by atoms with Crippen molar-refractivity contribution in [1.29, 1.82) is 0 Å². The van der Waals surface area contributed by atoms with Crippen LogP contribution >= 0.6 is 15.9 Å². The van der Waals surface area contributed by atoms with Crippen molar-refractivity contribution in [2.24, 2.45) is 4.99 Å². The van der Waals surface area contributed by atoms with Gasteiger partial charge in [0.05, 0.1) is 17.8 Å². The number of piperazine rings is 1. The third kappa shape index (κ3) is 6.49. The van der Waals surface area contributed by atoms with Crippen LogP contribution in [0.5, 0.6) is 5.88 Å². The van der Waals surface area contributed by atoms with Gasteiger partial charge in [0.2, 0.25) is 11.8 Å². The zero-order valence-electron chi connectivity index (χ0n) is 16.9. The molecule has 1 saturated heterocycles. The van der Waals surface area contributed by atoms with E-state index in [2.05, 4.69) is 64.9 Å². The van der Waals surface area contributed by atoms with E-state index in [0.29, 0.717) is 11.8 Å². The Labute approximate surface area is 171 Å². The van der Waals surface area contributed by atoms with Crippen LogP contribution in [0, 0.1) is 0 Å².